The fourth-order valence-corrected chi connectivity index (χ4v) is 2.31. The summed E-state index contributed by atoms with van der Waals surface area (Å²) in [6, 6.07) is 0.231. The molecule has 0 bridgehead atoms. The molecule has 2 saturated heterocycles. The van der Waals surface area contributed by atoms with E-state index in [2.05, 4.69) is 12.2 Å². The Bertz CT molecular complexity index is 244. The lowest BCUT2D eigenvalue weighted by atomic mass is 10.1. The van der Waals surface area contributed by atoms with Crippen LogP contribution in [-0.4, -0.2) is 49.2 Å². The van der Waals surface area contributed by atoms with E-state index in [0.29, 0.717) is 12.5 Å². The van der Waals surface area contributed by atoms with Gasteiger partial charge in [-0.1, -0.05) is 0 Å². The Morgan fingerprint density at radius 3 is 2.81 bits per heavy atom. The lowest BCUT2D eigenvalue weighted by Crippen LogP contribution is -2.52. The third-order valence-corrected chi connectivity index (χ3v) is 3.30. The summed E-state index contributed by atoms with van der Waals surface area (Å²) in [5.41, 5.74) is 0. The van der Waals surface area contributed by atoms with Crippen LogP contribution in [0.1, 0.15) is 20.3 Å². The molecule has 2 heterocycles. The first-order chi connectivity index (χ1) is 7.18. The van der Waals surface area contributed by atoms with E-state index in [1.54, 1.807) is 0 Å². The van der Waals surface area contributed by atoms with Crippen molar-refractivity contribution in [1.29, 1.82) is 0 Å². The van der Waals surface area contributed by atoms with Crippen LogP contribution in [0.2, 0.25) is 0 Å². The molecule has 3 atom stereocenters. The van der Waals surface area contributed by atoms with Crippen molar-refractivity contribution in [3.05, 3.63) is 0 Å². The molecule has 1 amide bonds. The Balaban J connectivity index is 0.00000128. The summed E-state index contributed by atoms with van der Waals surface area (Å²) in [6.45, 7) is 7.33. The molecule has 0 saturated carbocycles. The fourth-order valence-electron chi connectivity index (χ4n) is 2.31. The van der Waals surface area contributed by atoms with Crippen molar-refractivity contribution < 1.29 is 9.53 Å². The lowest BCUT2D eigenvalue weighted by Gasteiger charge is -2.38. The minimum absolute atomic E-state index is 0. The van der Waals surface area contributed by atoms with Gasteiger partial charge in [0.25, 0.3) is 0 Å². The van der Waals surface area contributed by atoms with Gasteiger partial charge in [0.05, 0.1) is 24.7 Å². The Hall–Kier alpha value is -0.320. The number of amides is 1. The highest BCUT2D eigenvalue weighted by molar-refractivity contribution is 5.85. The van der Waals surface area contributed by atoms with E-state index in [4.69, 9.17) is 4.74 Å². The van der Waals surface area contributed by atoms with E-state index in [-0.39, 0.29) is 30.5 Å². The van der Waals surface area contributed by atoms with Gasteiger partial charge in [0.1, 0.15) is 0 Å². The van der Waals surface area contributed by atoms with Gasteiger partial charge in [-0.05, 0) is 26.8 Å². The largest absolute Gasteiger partial charge is 0.375 e. The number of carbonyl (C=O) groups excluding carboxylic acids is 1. The predicted octanol–water partition coefficient (Wildman–Crippen LogP) is 0.653. The number of hydrogen-bond donors (Lipinski definition) is 1. The second kappa shape index (κ2) is 5.84. The van der Waals surface area contributed by atoms with Crippen molar-refractivity contribution in [3.63, 3.8) is 0 Å². The number of nitrogens with one attached hydrogen (secondary N) is 1. The van der Waals surface area contributed by atoms with Crippen LogP contribution in [0.3, 0.4) is 0 Å². The summed E-state index contributed by atoms with van der Waals surface area (Å²) in [5, 5.41) is 3.24. The molecule has 0 spiro atoms. The molecule has 2 aliphatic heterocycles. The van der Waals surface area contributed by atoms with Crippen LogP contribution >= 0.6 is 12.4 Å². The molecule has 4 nitrogen and oxygen atoms in total. The fraction of sp³-hybridized carbons (Fsp3) is 0.909. The molecule has 2 fully saturated rings. The topological polar surface area (TPSA) is 41.6 Å². The monoisotopic (exact) mass is 248 g/mol. The number of ether oxygens (including phenoxy) is 1. The Kier molecular flexibility index (Phi) is 5.02. The average molecular weight is 249 g/mol. The summed E-state index contributed by atoms with van der Waals surface area (Å²) in [5.74, 6) is 0.500. The SMILES string of the molecule is CC1CN(C(=O)C2CCNC2)C(C)CO1.Cl. The van der Waals surface area contributed by atoms with E-state index >= 15 is 0 Å². The highest BCUT2D eigenvalue weighted by atomic mass is 35.5. The maximum atomic E-state index is 12.2. The van der Waals surface area contributed by atoms with Crippen LogP contribution in [0, 0.1) is 5.92 Å². The highest BCUT2D eigenvalue weighted by Crippen LogP contribution is 2.18. The van der Waals surface area contributed by atoms with Gasteiger partial charge in [-0.3, -0.25) is 4.79 Å². The van der Waals surface area contributed by atoms with Crippen LogP contribution in [-0.2, 0) is 9.53 Å². The van der Waals surface area contributed by atoms with Gasteiger partial charge in [-0.15, -0.1) is 12.4 Å². The van der Waals surface area contributed by atoms with E-state index in [1.165, 1.54) is 0 Å². The Morgan fingerprint density at radius 2 is 2.19 bits per heavy atom. The summed E-state index contributed by atoms with van der Waals surface area (Å²) in [4.78, 5) is 14.2. The smallest absolute Gasteiger partial charge is 0.227 e. The quantitative estimate of drug-likeness (QED) is 0.741. The molecular formula is C11H21ClN2O2. The van der Waals surface area contributed by atoms with Crippen LogP contribution in [0.25, 0.3) is 0 Å². The van der Waals surface area contributed by atoms with Crippen molar-refractivity contribution in [2.75, 3.05) is 26.2 Å². The molecule has 0 radical (unpaired) electrons. The molecule has 0 aliphatic carbocycles. The van der Waals surface area contributed by atoms with Gasteiger partial charge < -0.3 is 15.0 Å². The molecule has 94 valence electrons. The normalized spacial score (nSPS) is 34.6. The van der Waals surface area contributed by atoms with Crippen molar-refractivity contribution in [2.45, 2.75) is 32.4 Å². The molecule has 16 heavy (non-hydrogen) atoms. The number of nitrogens with zero attached hydrogens (tertiary/aromatic N) is 1. The van der Waals surface area contributed by atoms with Gasteiger partial charge in [-0.2, -0.15) is 0 Å². The molecular weight excluding hydrogens is 228 g/mol. The number of morpholine rings is 1. The molecule has 0 aromatic rings. The van der Waals surface area contributed by atoms with Crippen LogP contribution in [0.5, 0.6) is 0 Å². The molecule has 3 unspecified atom stereocenters. The van der Waals surface area contributed by atoms with Crippen molar-refractivity contribution in [1.82, 2.24) is 10.2 Å². The van der Waals surface area contributed by atoms with E-state index in [1.807, 2.05) is 11.8 Å². The molecule has 2 aliphatic rings. The van der Waals surface area contributed by atoms with Crippen molar-refractivity contribution >= 4 is 18.3 Å². The first-order valence-corrected chi connectivity index (χ1v) is 5.81. The summed E-state index contributed by atoms with van der Waals surface area (Å²) < 4.78 is 5.52. The maximum Gasteiger partial charge on any atom is 0.227 e. The maximum absolute atomic E-state index is 12.2. The van der Waals surface area contributed by atoms with Gasteiger partial charge in [0.2, 0.25) is 5.91 Å². The zero-order valence-corrected chi connectivity index (χ0v) is 10.8. The standard InChI is InChI=1S/C11H20N2O2.ClH/c1-8-7-15-9(2)6-13(8)11(14)10-3-4-12-5-10;/h8-10,12H,3-7H2,1-2H3;1H. The zero-order valence-electron chi connectivity index (χ0n) is 9.94. The van der Waals surface area contributed by atoms with E-state index < -0.39 is 0 Å². The number of rotatable bonds is 1. The number of hydrogen-bond acceptors (Lipinski definition) is 3. The first-order valence-electron chi connectivity index (χ1n) is 5.81. The van der Waals surface area contributed by atoms with Crippen LogP contribution in [0.4, 0.5) is 0 Å². The van der Waals surface area contributed by atoms with Gasteiger partial charge in [0.15, 0.2) is 0 Å². The third kappa shape index (κ3) is 2.87. The van der Waals surface area contributed by atoms with Crippen LogP contribution < -0.4 is 5.32 Å². The van der Waals surface area contributed by atoms with Crippen molar-refractivity contribution in [2.24, 2.45) is 5.92 Å². The van der Waals surface area contributed by atoms with Crippen molar-refractivity contribution in [3.8, 4) is 0 Å². The Morgan fingerprint density at radius 1 is 1.44 bits per heavy atom. The Labute approximate surface area is 103 Å². The summed E-state index contributed by atoms with van der Waals surface area (Å²) in [7, 11) is 0. The predicted molar refractivity (Wildman–Crippen MR) is 64.8 cm³/mol. The first kappa shape index (κ1) is 13.7. The van der Waals surface area contributed by atoms with Crippen LogP contribution in [0.15, 0.2) is 0 Å². The van der Waals surface area contributed by atoms with E-state index in [0.717, 1.165) is 26.1 Å². The molecule has 0 aromatic heterocycles. The van der Waals surface area contributed by atoms with Gasteiger partial charge >= 0.3 is 0 Å². The minimum Gasteiger partial charge on any atom is -0.375 e. The minimum atomic E-state index is 0. The second-order valence-corrected chi connectivity index (χ2v) is 4.67. The van der Waals surface area contributed by atoms with Gasteiger partial charge in [0, 0.05) is 13.1 Å². The summed E-state index contributed by atoms with van der Waals surface area (Å²) in [6.07, 6.45) is 1.16. The molecule has 5 heteroatoms. The summed E-state index contributed by atoms with van der Waals surface area (Å²) >= 11 is 0. The second-order valence-electron chi connectivity index (χ2n) is 4.67. The number of carbonyl (C=O) groups is 1. The van der Waals surface area contributed by atoms with Gasteiger partial charge in [-0.25, -0.2) is 0 Å². The molecule has 0 aromatic carbocycles. The average Bonchev–Trinajstić information content (AvgIpc) is 2.74. The number of halogens is 1. The molecule has 2 rings (SSSR count). The molecule has 1 N–H and O–H groups in total. The third-order valence-electron chi connectivity index (χ3n) is 3.30. The highest BCUT2D eigenvalue weighted by Gasteiger charge is 2.33. The van der Waals surface area contributed by atoms with E-state index in [9.17, 15) is 4.79 Å². The zero-order chi connectivity index (χ0) is 10.8. The lowest BCUT2D eigenvalue weighted by molar-refractivity contribution is -0.146.